The van der Waals surface area contributed by atoms with Crippen molar-refractivity contribution in [1.29, 1.82) is 0 Å². The van der Waals surface area contributed by atoms with Crippen LogP contribution < -0.4 is 4.90 Å². The Hall–Kier alpha value is -2.73. The number of pyridine rings is 1. The van der Waals surface area contributed by atoms with Crippen molar-refractivity contribution in [3.63, 3.8) is 0 Å². The standard InChI is InChI=1S/C22H26FN5/c1-16-22(17(2)28(25-16)20-6-4-18(23)5-7-20)15-26(3)21-10-13-27(14-21)19-8-11-24-12-9-19/h4-9,11-12,21H,10,13-15H2,1-3H3. The first-order chi connectivity index (χ1) is 13.5. The van der Waals surface area contributed by atoms with Crippen molar-refractivity contribution in [2.45, 2.75) is 32.9 Å². The number of aromatic nitrogens is 3. The zero-order valence-corrected chi connectivity index (χ0v) is 16.6. The summed E-state index contributed by atoms with van der Waals surface area (Å²) in [6, 6.07) is 11.1. The van der Waals surface area contributed by atoms with Gasteiger partial charge in [0.2, 0.25) is 0 Å². The molecule has 3 heterocycles. The first kappa shape index (κ1) is 18.6. The number of aryl methyl sites for hydroxylation is 1. The van der Waals surface area contributed by atoms with Crippen LogP contribution in [0.2, 0.25) is 0 Å². The summed E-state index contributed by atoms with van der Waals surface area (Å²) in [6.07, 6.45) is 4.84. The maximum atomic E-state index is 13.2. The van der Waals surface area contributed by atoms with E-state index in [-0.39, 0.29) is 5.82 Å². The van der Waals surface area contributed by atoms with E-state index in [1.807, 2.05) is 24.0 Å². The molecular formula is C22H26FN5. The molecule has 0 radical (unpaired) electrons. The molecule has 1 atom stereocenters. The van der Waals surface area contributed by atoms with Crippen LogP contribution in [-0.4, -0.2) is 45.8 Å². The second-order valence-electron chi connectivity index (χ2n) is 7.55. The Morgan fingerprint density at radius 2 is 1.79 bits per heavy atom. The van der Waals surface area contributed by atoms with Gasteiger partial charge in [-0.1, -0.05) is 0 Å². The Balaban J connectivity index is 1.48. The number of likely N-dealkylation sites (N-methyl/N-ethyl adjacent to an activating group) is 1. The third-order valence-electron chi connectivity index (χ3n) is 5.73. The normalized spacial score (nSPS) is 16.9. The molecule has 6 heteroatoms. The molecule has 1 aliphatic heterocycles. The van der Waals surface area contributed by atoms with Gasteiger partial charge in [-0.25, -0.2) is 9.07 Å². The zero-order chi connectivity index (χ0) is 19.7. The lowest BCUT2D eigenvalue weighted by Crippen LogP contribution is -2.34. The predicted molar refractivity (Wildman–Crippen MR) is 109 cm³/mol. The highest BCUT2D eigenvalue weighted by molar-refractivity contribution is 5.46. The molecular weight excluding hydrogens is 353 g/mol. The lowest BCUT2D eigenvalue weighted by atomic mass is 10.1. The van der Waals surface area contributed by atoms with Gasteiger partial charge in [0.05, 0.1) is 11.4 Å². The van der Waals surface area contributed by atoms with Gasteiger partial charge in [0.1, 0.15) is 5.82 Å². The first-order valence-electron chi connectivity index (χ1n) is 9.69. The Bertz CT molecular complexity index is 936. The van der Waals surface area contributed by atoms with E-state index >= 15 is 0 Å². The third-order valence-corrected chi connectivity index (χ3v) is 5.73. The van der Waals surface area contributed by atoms with E-state index < -0.39 is 0 Å². The molecule has 1 saturated heterocycles. The van der Waals surface area contributed by atoms with Crippen LogP contribution >= 0.6 is 0 Å². The summed E-state index contributed by atoms with van der Waals surface area (Å²) in [5.74, 6) is -0.231. The number of rotatable bonds is 5. The summed E-state index contributed by atoms with van der Waals surface area (Å²) in [5, 5.41) is 4.70. The molecule has 0 spiro atoms. The zero-order valence-electron chi connectivity index (χ0n) is 16.6. The molecule has 0 amide bonds. The summed E-state index contributed by atoms with van der Waals surface area (Å²) in [6.45, 7) is 7.07. The number of halogens is 1. The highest BCUT2D eigenvalue weighted by Crippen LogP contribution is 2.25. The van der Waals surface area contributed by atoms with Gasteiger partial charge in [-0.05, 0) is 63.7 Å². The Kier molecular flexibility index (Phi) is 5.13. The van der Waals surface area contributed by atoms with Crippen LogP contribution in [0, 0.1) is 19.7 Å². The molecule has 0 N–H and O–H groups in total. The lowest BCUT2D eigenvalue weighted by Gasteiger charge is -2.25. The molecule has 0 aliphatic carbocycles. The van der Waals surface area contributed by atoms with Crippen LogP contribution in [0.15, 0.2) is 48.8 Å². The van der Waals surface area contributed by atoms with Crippen molar-refractivity contribution >= 4 is 5.69 Å². The predicted octanol–water partition coefficient (Wildman–Crippen LogP) is 3.73. The third kappa shape index (κ3) is 3.64. The van der Waals surface area contributed by atoms with E-state index in [1.54, 1.807) is 12.1 Å². The number of benzene rings is 1. The van der Waals surface area contributed by atoms with Crippen LogP contribution in [0.5, 0.6) is 0 Å². The largest absolute Gasteiger partial charge is 0.370 e. The minimum Gasteiger partial charge on any atom is -0.370 e. The number of hydrogen-bond acceptors (Lipinski definition) is 4. The fourth-order valence-corrected chi connectivity index (χ4v) is 4.01. The van der Waals surface area contributed by atoms with Gasteiger partial charge in [0.25, 0.3) is 0 Å². The average Bonchev–Trinajstić information content (AvgIpc) is 3.30. The van der Waals surface area contributed by atoms with Crippen molar-refractivity contribution in [2.24, 2.45) is 0 Å². The summed E-state index contributed by atoms with van der Waals surface area (Å²) in [4.78, 5) is 8.96. The molecule has 2 aromatic heterocycles. The fraction of sp³-hybridized carbons (Fsp3) is 0.364. The Morgan fingerprint density at radius 1 is 1.07 bits per heavy atom. The quantitative estimate of drug-likeness (QED) is 0.677. The van der Waals surface area contributed by atoms with Crippen molar-refractivity contribution in [1.82, 2.24) is 19.7 Å². The molecule has 0 bridgehead atoms. The van der Waals surface area contributed by atoms with E-state index in [1.165, 1.54) is 23.4 Å². The molecule has 0 saturated carbocycles. The van der Waals surface area contributed by atoms with Crippen molar-refractivity contribution in [3.8, 4) is 5.69 Å². The van der Waals surface area contributed by atoms with Crippen molar-refractivity contribution in [2.75, 3.05) is 25.0 Å². The summed E-state index contributed by atoms with van der Waals surface area (Å²) in [7, 11) is 2.19. The van der Waals surface area contributed by atoms with Crippen LogP contribution in [-0.2, 0) is 6.54 Å². The monoisotopic (exact) mass is 379 g/mol. The first-order valence-corrected chi connectivity index (χ1v) is 9.69. The van der Waals surface area contributed by atoms with E-state index in [4.69, 9.17) is 5.10 Å². The van der Waals surface area contributed by atoms with Gasteiger partial charge in [-0.3, -0.25) is 9.88 Å². The molecule has 146 valence electrons. The summed E-state index contributed by atoms with van der Waals surface area (Å²) < 4.78 is 15.2. The molecule has 1 aromatic carbocycles. The van der Waals surface area contributed by atoms with E-state index in [0.717, 1.165) is 43.1 Å². The van der Waals surface area contributed by atoms with Crippen LogP contribution in [0.3, 0.4) is 0 Å². The molecule has 5 nitrogen and oxygen atoms in total. The van der Waals surface area contributed by atoms with Crippen molar-refractivity contribution < 1.29 is 4.39 Å². The number of hydrogen-bond donors (Lipinski definition) is 0. The van der Waals surface area contributed by atoms with Crippen LogP contribution in [0.4, 0.5) is 10.1 Å². The van der Waals surface area contributed by atoms with Crippen LogP contribution in [0.25, 0.3) is 5.69 Å². The van der Waals surface area contributed by atoms with Gasteiger partial charge in [-0.2, -0.15) is 5.10 Å². The van der Waals surface area contributed by atoms with E-state index in [2.05, 4.69) is 40.9 Å². The van der Waals surface area contributed by atoms with Gasteiger partial charge in [0, 0.05) is 55.0 Å². The second-order valence-corrected chi connectivity index (χ2v) is 7.55. The number of nitrogens with zero attached hydrogens (tertiary/aromatic N) is 5. The van der Waals surface area contributed by atoms with Crippen molar-refractivity contribution in [3.05, 3.63) is 71.6 Å². The second kappa shape index (κ2) is 7.72. The highest BCUT2D eigenvalue weighted by atomic mass is 19.1. The lowest BCUT2D eigenvalue weighted by molar-refractivity contribution is 0.249. The molecule has 28 heavy (non-hydrogen) atoms. The highest BCUT2D eigenvalue weighted by Gasteiger charge is 2.27. The van der Waals surface area contributed by atoms with E-state index in [9.17, 15) is 4.39 Å². The number of anilines is 1. The molecule has 1 aliphatic rings. The maximum Gasteiger partial charge on any atom is 0.123 e. The minimum absolute atomic E-state index is 0.231. The molecule has 3 aromatic rings. The van der Waals surface area contributed by atoms with Gasteiger partial charge < -0.3 is 4.90 Å². The smallest absolute Gasteiger partial charge is 0.123 e. The average molecular weight is 379 g/mol. The van der Waals surface area contributed by atoms with Gasteiger partial charge in [-0.15, -0.1) is 0 Å². The topological polar surface area (TPSA) is 37.2 Å². The SMILES string of the molecule is Cc1nn(-c2ccc(F)cc2)c(C)c1CN(C)C1CCN(c2ccncc2)C1. The maximum absolute atomic E-state index is 13.2. The molecule has 1 unspecified atom stereocenters. The Morgan fingerprint density at radius 3 is 2.50 bits per heavy atom. The van der Waals surface area contributed by atoms with Gasteiger partial charge >= 0.3 is 0 Å². The van der Waals surface area contributed by atoms with Gasteiger partial charge in [0.15, 0.2) is 0 Å². The molecule has 1 fully saturated rings. The summed E-state index contributed by atoms with van der Waals surface area (Å²) in [5.41, 5.74) is 5.51. The van der Waals surface area contributed by atoms with Crippen LogP contribution in [0.1, 0.15) is 23.4 Å². The molecule has 4 rings (SSSR count). The minimum atomic E-state index is -0.231. The fourth-order valence-electron chi connectivity index (χ4n) is 4.01. The summed E-state index contributed by atoms with van der Waals surface area (Å²) >= 11 is 0. The Labute approximate surface area is 165 Å². The van der Waals surface area contributed by atoms with E-state index in [0.29, 0.717) is 6.04 Å².